The Kier molecular flexibility index (Phi) is 3.46. The van der Waals surface area contributed by atoms with Crippen molar-refractivity contribution >= 4 is 5.69 Å². The first kappa shape index (κ1) is 11.4. The Hall–Kier alpha value is -1.06. The average molecular weight is 220 g/mol. The van der Waals surface area contributed by atoms with Crippen LogP contribution in [0.2, 0.25) is 0 Å². The maximum atomic E-state index is 9.43. The molecular formula is C13H20N2O. The molecule has 16 heavy (non-hydrogen) atoms. The number of rotatable bonds is 2. The summed E-state index contributed by atoms with van der Waals surface area (Å²) in [7, 11) is 0. The molecule has 0 unspecified atom stereocenters. The van der Waals surface area contributed by atoms with E-state index in [0.29, 0.717) is 0 Å². The van der Waals surface area contributed by atoms with Crippen LogP contribution in [0.1, 0.15) is 24.0 Å². The molecule has 0 amide bonds. The highest BCUT2D eigenvalue weighted by Crippen LogP contribution is 2.18. The van der Waals surface area contributed by atoms with Gasteiger partial charge in [0.2, 0.25) is 0 Å². The van der Waals surface area contributed by atoms with Crippen molar-refractivity contribution in [3.63, 3.8) is 0 Å². The highest BCUT2D eigenvalue weighted by Gasteiger charge is 2.17. The van der Waals surface area contributed by atoms with Gasteiger partial charge in [-0.3, -0.25) is 4.90 Å². The molecule has 1 saturated heterocycles. The van der Waals surface area contributed by atoms with Crippen molar-refractivity contribution in [1.29, 1.82) is 0 Å². The first-order valence-corrected chi connectivity index (χ1v) is 5.90. The van der Waals surface area contributed by atoms with E-state index in [4.69, 9.17) is 5.73 Å². The van der Waals surface area contributed by atoms with Crippen molar-refractivity contribution in [2.24, 2.45) is 0 Å². The minimum absolute atomic E-state index is 0.105. The summed E-state index contributed by atoms with van der Waals surface area (Å²) in [6.45, 7) is 4.89. The number of benzene rings is 1. The molecule has 3 heteroatoms. The number of nitrogens with two attached hydrogens (primary N) is 1. The van der Waals surface area contributed by atoms with Gasteiger partial charge < -0.3 is 10.8 Å². The van der Waals surface area contributed by atoms with E-state index in [0.717, 1.165) is 38.2 Å². The van der Waals surface area contributed by atoms with Gasteiger partial charge in [-0.25, -0.2) is 0 Å². The Balaban J connectivity index is 1.98. The quantitative estimate of drug-likeness (QED) is 0.743. The van der Waals surface area contributed by atoms with Crippen LogP contribution in [-0.4, -0.2) is 29.2 Å². The van der Waals surface area contributed by atoms with Gasteiger partial charge in [-0.15, -0.1) is 0 Å². The number of hydrogen-bond acceptors (Lipinski definition) is 3. The van der Waals surface area contributed by atoms with E-state index in [1.165, 1.54) is 11.1 Å². The highest BCUT2D eigenvalue weighted by molar-refractivity contribution is 5.48. The number of aliphatic hydroxyl groups excluding tert-OH is 1. The van der Waals surface area contributed by atoms with Gasteiger partial charge in [0.15, 0.2) is 0 Å². The van der Waals surface area contributed by atoms with E-state index in [2.05, 4.69) is 24.0 Å². The van der Waals surface area contributed by atoms with Crippen molar-refractivity contribution in [3.8, 4) is 0 Å². The second kappa shape index (κ2) is 4.85. The summed E-state index contributed by atoms with van der Waals surface area (Å²) in [5.41, 5.74) is 9.27. The molecular weight excluding hydrogens is 200 g/mol. The SMILES string of the molecule is Cc1ccc(CN2CCC(O)CC2)c(N)c1. The lowest BCUT2D eigenvalue weighted by Crippen LogP contribution is -2.35. The van der Waals surface area contributed by atoms with Gasteiger partial charge in [-0.1, -0.05) is 12.1 Å². The number of nitrogens with zero attached hydrogens (tertiary/aromatic N) is 1. The number of piperidine rings is 1. The lowest BCUT2D eigenvalue weighted by Gasteiger charge is -2.29. The smallest absolute Gasteiger partial charge is 0.0564 e. The van der Waals surface area contributed by atoms with Crippen LogP contribution < -0.4 is 5.73 Å². The Morgan fingerprint density at radius 2 is 2.06 bits per heavy atom. The largest absolute Gasteiger partial charge is 0.398 e. The third kappa shape index (κ3) is 2.74. The molecule has 1 aliphatic rings. The summed E-state index contributed by atoms with van der Waals surface area (Å²) in [6, 6.07) is 6.23. The van der Waals surface area contributed by atoms with Gasteiger partial charge in [-0.05, 0) is 37.0 Å². The lowest BCUT2D eigenvalue weighted by molar-refractivity contribution is 0.0793. The fraction of sp³-hybridized carbons (Fsp3) is 0.538. The summed E-state index contributed by atoms with van der Waals surface area (Å²) >= 11 is 0. The van der Waals surface area contributed by atoms with Gasteiger partial charge in [0.1, 0.15) is 0 Å². The van der Waals surface area contributed by atoms with E-state index in [9.17, 15) is 5.11 Å². The molecule has 0 aliphatic carbocycles. The molecule has 0 spiro atoms. The molecule has 3 nitrogen and oxygen atoms in total. The first-order chi connectivity index (χ1) is 7.65. The number of likely N-dealkylation sites (tertiary alicyclic amines) is 1. The van der Waals surface area contributed by atoms with Crippen LogP contribution in [0.25, 0.3) is 0 Å². The molecule has 0 bridgehead atoms. The Morgan fingerprint density at radius 1 is 1.38 bits per heavy atom. The van der Waals surface area contributed by atoms with Crippen LogP contribution in [0, 0.1) is 6.92 Å². The predicted molar refractivity (Wildman–Crippen MR) is 66.1 cm³/mol. The van der Waals surface area contributed by atoms with Crippen molar-refractivity contribution < 1.29 is 5.11 Å². The zero-order valence-electron chi connectivity index (χ0n) is 9.82. The maximum absolute atomic E-state index is 9.43. The van der Waals surface area contributed by atoms with Crippen molar-refractivity contribution in [2.75, 3.05) is 18.8 Å². The monoisotopic (exact) mass is 220 g/mol. The summed E-state index contributed by atoms with van der Waals surface area (Å²) in [5.74, 6) is 0. The van der Waals surface area contributed by atoms with Crippen molar-refractivity contribution in [3.05, 3.63) is 29.3 Å². The fourth-order valence-corrected chi connectivity index (χ4v) is 2.18. The summed E-state index contributed by atoms with van der Waals surface area (Å²) in [6.07, 6.45) is 1.66. The topological polar surface area (TPSA) is 49.5 Å². The van der Waals surface area contributed by atoms with Gasteiger partial charge in [-0.2, -0.15) is 0 Å². The molecule has 0 saturated carbocycles. The third-order valence-electron chi connectivity index (χ3n) is 3.25. The normalized spacial score (nSPS) is 18.9. The Morgan fingerprint density at radius 3 is 2.69 bits per heavy atom. The number of anilines is 1. The van der Waals surface area contributed by atoms with Crippen molar-refractivity contribution in [1.82, 2.24) is 4.90 Å². The van der Waals surface area contributed by atoms with Gasteiger partial charge >= 0.3 is 0 Å². The molecule has 1 aromatic carbocycles. The van der Waals surface area contributed by atoms with E-state index in [1.807, 2.05) is 6.07 Å². The molecule has 1 aliphatic heterocycles. The second-order valence-corrected chi connectivity index (χ2v) is 4.71. The van der Waals surface area contributed by atoms with E-state index in [1.54, 1.807) is 0 Å². The molecule has 88 valence electrons. The highest BCUT2D eigenvalue weighted by atomic mass is 16.3. The van der Waals surface area contributed by atoms with E-state index < -0.39 is 0 Å². The summed E-state index contributed by atoms with van der Waals surface area (Å²) < 4.78 is 0. The summed E-state index contributed by atoms with van der Waals surface area (Å²) in [5, 5.41) is 9.43. The number of aliphatic hydroxyl groups is 1. The standard InChI is InChI=1S/C13H20N2O/c1-10-2-3-11(13(14)8-10)9-15-6-4-12(16)5-7-15/h2-3,8,12,16H,4-7,9,14H2,1H3. The molecule has 1 aromatic rings. The molecule has 3 N–H and O–H groups in total. The van der Waals surface area contributed by atoms with Gasteiger partial charge in [0.05, 0.1) is 6.10 Å². The molecule has 0 atom stereocenters. The lowest BCUT2D eigenvalue weighted by atomic mass is 10.1. The van der Waals surface area contributed by atoms with Crippen LogP contribution in [0.3, 0.4) is 0 Å². The van der Waals surface area contributed by atoms with Crippen LogP contribution >= 0.6 is 0 Å². The Bertz CT molecular complexity index is 357. The molecule has 0 aromatic heterocycles. The van der Waals surface area contributed by atoms with E-state index in [-0.39, 0.29) is 6.10 Å². The second-order valence-electron chi connectivity index (χ2n) is 4.71. The minimum atomic E-state index is -0.105. The van der Waals surface area contributed by atoms with Gasteiger partial charge in [0, 0.05) is 25.3 Å². The van der Waals surface area contributed by atoms with Crippen LogP contribution in [0.4, 0.5) is 5.69 Å². The van der Waals surface area contributed by atoms with Crippen molar-refractivity contribution in [2.45, 2.75) is 32.4 Å². The fourth-order valence-electron chi connectivity index (χ4n) is 2.18. The van der Waals surface area contributed by atoms with Gasteiger partial charge in [0.25, 0.3) is 0 Å². The van der Waals surface area contributed by atoms with E-state index >= 15 is 0 Å². The number of nitrogen functional groups attached to an aromatic ring is 1. The molecule has 0 radical (unpaired) electrons. The van der Waals surface area contributed by atoms with Crippen LogP contribution in [0.5, 0.6) is 0 Å². The Labute approximate surface area is 96.9 Å². The predicted octanol–water partition coefficient (Wildman–Crippen LogP) is 1.53. The maximum Gasteiger partial charge on any atom is 0.0564 e. The first-order valence-electron chi connectivity index (χ1n) is 5.90. The summed E-state index contributed by atoms with van der Waals surface area (Å²) in [4.78, 5) is 2.35. The minimum Gasteiger partial charge on any atom is -0.398 e. The number of hydrogen-bond donors (Lipinski definition) is 2. The van der Waals surface area contributed by atoms with Crippen LogP contribution in [-0.2, 0) is 6.54 Å². The molecule has 2 rings (SSSR count). The van der Waals surface area contributed by atoms with Crippen LogP contribution in [0.15, 0.2) is 18.2 Å². The zero-order valence-corrected chi connectivity index (χ0v) is 9.82. The number of aryl methyl sites for hydroxylation is 1. The average Bonchev–Trinajstić information content (AvgIpc) is 2.25. The third-order valence-corrected chi connectivity index (χ3v) is 3.25. The molecule has 1 heterocycles. The zero-order chi connectivity index (χ0) is 11.5. The molecule has 1 fully saturated rings.